The number of ether oxygens (including phenoxy) is 1. The van der Waals surface area contributed by atoms with Crippen LogP contribution in [0.15, 0.2) is 18.2 Å². The molecule has 0 heterocycles. The van der Waals surface area contributed by atoms with Gasteiger partial charge in [-0.1, -0.05) is 0 Å². The van der Waals surface area contributed by atoms with E-state index in [-0.39, 0.29) is 11.3 Å². The lowest BCUT2D eigenvalue weighted by molar-refractivity contribution is -0.138. The van der Waals surface area contributed by atoms with Crippen LogP contribution in [0.2, 0.25) is 0 Å². The number of hydrogen-bond donors (Lipinski definition) is 2. The molecule has 19 heavy (non-hydrogen) atoms. The molecule has 7 heteroatoms. The van der Waals surface area contributed by atoms with Crippen LogP contribution in [0.4, 0.5) is 13.2 Å². The van der Waals surface area contributed by atoms with E-state index in [1.54, 1.807) is 0 Å². The molecule has 1 amide bonds. The van der Waals surface area contributed by atoms with Crippen molar-refractivity contribution >= 4 is 5.91 Å². The number of halogens is 3. The lowest BCUT2D eigenvalue weighted by Gasteiger charge is -2.16. The fourth-order valence-corrected chi connectivity index (χ4v) is 1.53. The van der Waals surface area contributed by atoms with Crippen LogP contribution < -0.4 is 10.1 Å². The highest BCUT2D eigenvalue weighted by molar-refractivity contribution is 5.97. The molecule has 0 aliphatic heterocycles. The summed E-state index contributed by atoms with van der Waals surface area (Å²) in [6.07, 6.45) is -5.48. The average molecular weight is 277 g/mol. The van der Waals surface area contributed by atoms with Crippen molar-refractivity contribution in [1.82, 2.24) is 5.32 Å². The van der Waals surface area contributed by atoms with Gasteiger partial charge in [-0.2, -0.15) is 13.2 Å². The van der Waals surface area contributed by atoms with Gasteiger partial charge < -0.3 is 15.2 Å². The Morgan fingerprint density at radius 2 is 2.11 bits per heavy atom. The van der Waals surface area contributed by atoms with Gasteiger partial charge in [-0.15, -0.1) is 0 Å². The van der Waals surface area contributed by atoms with Crippen LogP contribution in [0.5, 0.6) is 11.5 Å². The van der Waals surface area contributed by atoms with Crippen molar-refractivity contribution in [3.05, 3.63) is 23.8 Å². The maximum atomic E-state index is 12.1. The van der Waals surface area contributed by atoms with E-state index < -0.39 is 24.5 Å². The average Bonchev–Trinajstić information content (AvgIpc) is 2.25. The zero-order valence-electron chi connectivity index (χ0n) is 10.4. The topological polar surface area (TPSA) is 58.6 Å². The molecule has 0 fully saturated rings. The Kier molecular flexibility index (Phi) is 4.63. The first kappa shape index (κ1) is 15.1. The number of benzene rings is 1. The van der Waals surface area contributed by atoms with Gasteiger partial charge >= 0.3 is 6.18 Å². The smallest absolute Gasteiger partial charge is 0.391 e. The largest absolute Gasteiger partial charge is 0.507 e. The number of carbonyl (C=O) groups excluding carboxylic acids is 1. The fraction of sp³-hybridized carbons (Fsp3) is 0.417. The molecule has 0 aromatic heterocycles. The molecule has 0 spiro atoms. The fourth-order valence-electron chi connectivity index (χ4n) is 1.53. The van der Waals surface area contributed by atoms with Gasteiger partial charge in [0, 0.05) is 12.1 Å². The number of nitrogens with one attached hydrogen (secondary N) is 1. The Hall–Kier alpha value is -1.92. The second-order valence-electron chi connectivity index (χ2n) is 4.08. The van der Waals surface area contributed by atoms with Crippen LogP contribution in [-0.4, -0.2) is 30.3 Å². The summed E-state index contributed by atoms with van der Waals surface area (Å²) in [6.45, 7) is 1.24. The Bertz CT molecular complexity index is 460. The summed E-state index contributed by atoms with van der Waals surface area (Å²) in [7, 11) is 1.39. The van der Waals surface area contributed by atoms with Crippen molar-refractivity contribution in [3.8, 4) is 11.5 Å². The molecule has 1 atom stereocenters. The summed E-state index contributed by atoms with van der Waals surface area (Å²) in [5.41, 5.74) is -0.102. The van der Waals surface area contributed by atoms with Crippen LogP contribution in [0, 0.1) is 0 Å². The van der Waals surface area contributed by atoms with Gasteiger partial charge in [-0.25, -0.2) is 0 Å². The molecule has 0 radical (unpaired) electrons. The molecule has 4 nitrogen and oxygen atoms in total. The Morgan fingerprint density at radius 1 is 1.47 bits per heavy atom. The molecular formula is C12H14F3NO3. The quantitative estimate of drug-likeness (QED) is 0.888. The molecule has 1 unspecified atom stereocenters. The molecule has 0 saturated heterocycles. The first-order valence-electron chi connectivity index (χ1n) is 5.47. The van der Waals surface area contributed by atoms with Gasteiger partial charge in [0.1, 0.15) is 11.5 Å². The lowest BCUT2D eigenvalue weighted by atomic mass is 10.1. The van der Waals surface area contributed by atoms with Gasteiger partial charge in [0.05, 0.1) is 19.1 Å². The van der Waals surface area contributed by atoms with E-state index in [1.165, 1.54) is 32.2 Å². The molecule has 2 N–H and O–H groups in total. The number of alkyl halides is 3. The molecule has 1 aromatic carbocycles. The molecule has 1 rings (SSSR count). The number of amides is 1. The van der Waals surface area contributed by atoms with E-state index >= 15 is 0 Å². The predicted octanol–water partition coefficient (Wildman–Crippen LogP) is 2.47. The number of methoxy groups -OCH3 is 1. The summed E-state index contributed by atoms with van der Waals surface area (Å²) in [6, 6.07) is 2.85. The Morgan fingerprint density at radius 3 is 2.58 bits per heavy atom. The Labute approximate surface area is 108 Å². The van der Waals surface area contributed by atoms with E-state index in [9.17, 15) is 23.1 Å². The summed E-state index contributed by atoms with van der Waals surface area (Å²) in [4.78, 5) is 11.7. The monoisotopic (exact) mass is 277 g/mol. The van der Waals surface area contributed by atoms with E-state index in [0.29, 0.717) is 5.75 Å². The molecule has 1 aromatic rings. The van der Waals surface area contributed by atoms with Crippen LogP contribution >= 0.6 is 0 Å². The standard InChI is InChI=1S/C12H14F3NO3/c1-7(6-12(13,14)15)16-11(18)9-4-3-8(19-2)5-10(9)17/h3-5,7,17H,6H2,1-2H3,(H,16,18). The number of carbonyl (C=O) groups is 1. The lowest BCUT2D eigenvalue weighted by Crippen LogP contribution is -2.35. The first-order valence-corrected chi connectivity index (χ1v) is 5.47. The zero-order valence-corrected chi connectivity index (χ0v) is 10.4. The number of phenols is 1. The Balaban J connectivity index is 2.73. The van der Waals surface area contributed by atoms with E-state index in [0.717, 1.165) is 0 Å². The summed E-state index contributed by atoms with van der Waals surface area (Å²) in [5, 5.41) is 11.7. The summed E-state index contributed by atoms with van der Waals surface area (Å²) in [5.74, 6) is -0.773. The van der Waals surface area contributed by atoms with E-state index in [1.807, 2.05) is 0 Å². The maximum absolute atomic E-state index is 12.1. The minimum absolute atomic E-state index is 0.102. The summed E-state index contributed by atoms with van der Waals surface area (Å²) < 4.78 is 41.2. The van der Waals surface area contributed by atoms with Crippen molar-refractivity contribution < 1.29 is 27.8 Å². The molecule has 0 aliphatic carbocycles. The normalized spacial score (nSPS) is 12.9. The first-order chi connectivity index (χ1) is 8.73. The molecule has 0 aliphatic rings. The zero-order chi connectivity index (χ0) is 14.6. The van der Waals surface area contributed by atoms with E-state index in [4.69, 9.17) is 4.74 Å². The predicted molar refractivity (Wildman–Crippen MR) is 62.3 cm³/mol. The molecule has 0 bridgehead atoms. The number of rotatable bonds is 4. The van der Waals surface area contributed by atoms with Crippen LogP contribution in [0.3, 0.4) is 0 Å². The van der Waals surface area contributed by atoms with Gasteiger partial charge in [0.25, 0.3) is 5.91 Å². The SMILES string of the molecule is COc1ccc(C(=O)NC(C)CC(F)(F)F)c(O)c1. The van der Waals surface area contributed by atoms with Crippen molar-refractivity contribution in [2.45, 2.75) is 25.6 Å². The molecule has 106 valence electrons. The number of hydrogen-bond acceptors (Lipinski definition) is 3. The van der Waals surface area contributed by atoms with Crippen molar-refractivity contribution in [2.75, 3.05) is 7.11 Å². The van der Waals surface area contributed by atoms with Crippen molar-refractivity contribution in [2.24, 2.45) is 0 Å². The second kappa shape index (κ2) is 5.81. The third-order valence-electron chi connectivity index (χ3n) is 2.36. The van der Waals surface area contributed by atoms with Gasteiger partial charge in [-0.05, 0) is 19.1 Å². The number of aromatic hydroxyl groups is 1. The van der Waals surface area contributed by atoms with Crippen LogP contribution in [0.25, 0.3) is 0 Å². The third kappa shape index (κ3) is 4.69. The number of phenolic OH excluding ortho intramolecular Hbond substituents is 1. The maximum Gasteiger partial charge on any atom is 0.391 e. The minimum Gasteiger partial charge on any atom is -0.507 e. The van der Waals surface area contributed by atoms with Gasteiger partial charge in [0.15, 0.2) is 0 Å². The van der Waals surface area contributed by atoms with Gasteiger partial charge in [-0.3, -0.25) is 4.79 Å². The second-order valence-corrected chi connectivity index (χ2v) is 4.08. The molecule has 0 saturated carbocycles. The highest BCUT2D eigenvalue weighted by Crippen LogP contribution is 2.24. The highest BCUT2D eigenvalue weighted by atomic mass is 19.4. The van der Waals surface area contributed by atoms with E-state index in [2.05, 4.69) is 5.32 Å². The minimum atomic E-state index is -4.35. The third-order valence-corrected chi connectivity index (χ3v) is 2.36. The van der Waals surface area contributed by atoms with Crippen molar-refractivity contribution in [1.29, 1.82) is 0 Å². The van der Waals surface area contributed by atoms with Crippen LogP contribution in [0.1, 0.15) is 23.7 Å². The van der Waals surface area contributed by atoms with Crippen molar-refractivity contribution in [3.63, 3.8) is 0 Å². The summed E-state index contributed by atoms with van der Waals surface area (Å²) >= 11 is 0. The highest BCUT2D eigenvalue weighted by Gasteiger charge is 2.30. The van der Waals surface area contributed by atoms with Crippen LogP contribution in [-0.2, 0) is 0 Å². The van der Waals surface area contributed by atoms with Gasteiger partial charge in [0.2, 0.25) is 0 Å². The molecular weight excluding hydrogens is 263 g/mol.